The Hall–Kier alpha value is -0.490. The number of carbonyl (C=O) groups is 1. The summed E-state index contributed by atoms with van der Waals surface area (Å²) in [5.74, 6) is -0.0727. The Morgan fingerprint density at radius 2 is 1.82 bits per heavy atom. The monoisotopic (exact) mass is 285 g/mol. The van der Waals surface area contributed by atoms with E-state index in [4.69, 9.17) is 15.4 Å². The fourth-order valence-electron chi connectivity index (χ4n) is 1.05. The van der Waals surface area contributed by atoms with Gasteiger partial charge >= 0.3 is 6.09 Å². The van der Waals surface area contributed by atoms with E-state index in [1.165, 1.54) is 4.90 Å². The average Bonchev–Trinajstić information content (AvgIpc) is 2.07. The summed E-state index contributed by atoms with van der Waals surface area (Å²) in [4.78, 5) is 12.9. The first-order valence-corrected chi connectivity index (χ1v) is 7.85. The largest absolute Gasteiger partial charge is 0.444 e. The van der Waals surface area contributed by atoms with E-state index in [0.717, 1.165) is 0 Å². The molecule has 0 aromatic heterocycles. The summed E-state index contributed by atoms with van der Waals surface area (Å²) in [7, 11) is 3.25. The van der Waals surface area contributed by atoms with Crippen LogP contribution in [0.3, 0.4) is 0 Å². The number of amides is 1. The smallest absolute Gasteiger partial charge is 0.410 e. The lowest BCUT2D eigenvalue weighted by molar-refractivity contribution is 0.0297. The van der Waals surface area contributed by atoms with E-state index in [-0.39, 0.29) is 5.75 Å². The van der Waals surface area contributed by atoms with E-state index in [2.05, 4.69) is 0 Å². The highest BCUT2D eigenvalue weighted by molar-refractivity contribution is 8.13. The fourth-order valence-corrected chi connectivity index (χ4v) is 1.93. The van der Waals surface area contributed by atoms with Crippen molar-refractivity contribution in [2.45, 2.75) is 39.2 Å². The minimum atomic E-state index is -3.43. The number of hydrogen-bond donors (Lipinski definition) is 0. The molecule has 7 heteroatoms. The van der Waals surface area contributed by atoms with Gasteiger partial charge in [-0.2, -0.15) is 0 Å². The Kier molecular flexibility index (Phi) is 6.26. The average molecular weight is 286 g/mol. The number of nitrogens with zero attached hydrogens (tertiary/aromatic N) is 1. The molecule has 0 N–H and O–H groups in total. The lowest BCUT2D eigenvalue weighted by Gasteiger charge is -2.24. The minimum absolute atomic E-state index is 0.0727. The van der Waals surface area contributed by atoms with E-state index < -0.39 is 20.7 Å². The number of ether oxygens (including phenoxy) is 1. The first-order valence-electron chi connectivity index (χ1n) is 5.38. The van der Waals surface area contributed by atoms with Crippen molar-refractivity contribution in [2.24, 2.45) is 0 Å². The van der Waals surface area contributed by atoms with Gasteiger partial charge in [-0.1, -0.05) is 0 Å². The lowest BCUT2D eigenvalue weighted by Crippen LogP contribution is -2.34. The SMILES string of the molecule is CN(CCCCS(=O)(=O)Cl)C(=O)OC(C)(C)C. The van der Waals surface area contributed by atoms with Gasteiger partial charge in [0.15, 0.2) is 0 Å². The molecule has 0 heterocycles. The van der Waals surface area contributed by atoms with Gasteiger partial charge in [-0.25, -0.2) is 13.2 Å². The van der Waals surface area contributed by atoms with E-state index >= 15 is 0 Å². The normalized spacial score (nSPS) is 12.3. The van der Waals surface area contributed by atoms with Crippen LogP contribution >= 0.6 is 10.7 Å². The van der Waals surface area contributed by atoms with Crippen LogP contribution in [0.15, 0.2) is 0 Å². The third kappa shape index (κ3) is 10.4. The molecule has 1 amide bonds. The van der Waals surface area contributed by atoms with Crippen LogP contribution in [0.5, 0.6) is 0 Å². The van der Waals surface area contributed by atoms with Gasteiger partial charge in [0.05, 0.1) is 5.75 Å². The molecule has 0 fully saturated rings. The molecule has 0 bridgehead atoms. The van der Waals surface area contributed by atoms with Gasteiger partial charge in [0.25, 0.3) is 0 Å². The van der Waals surface area contributed by atoms with Crippen LogP contribution in [0.2, 0.25) is 0 Å². The molecule has 0 atom stereocenters. The number of halogens is 1. The minimum Gasteiger partial charge on any atom is -0.444 e. The van der Waals surface area contributed by atoms with Crippen molar-refractivity contribution in [3.63, 3.8) is 0 Å². The zero-order chi connectivity index (χ0) is 13.7. The Labute approximate surface area is 107 Å². The third-order valence-corrected chi connectivity index (χ3v) is 3.08. The maximum absolute atomic E-state index is 11.5. The standard InChI is InChI=1S/C10H20ClNO4S/c1-10(2,3)16-9(13)12(4)7-5-6-8-17(11,14)15/h5-8H2,1-4H3. The van der Waals surface area contributed by atoms with Gasteiger partial charge in [-0.15, -0.1) is 0 Å². The van der Waals surface area contributed by atoms with Crippen LogP contribution in [0.4, 0.5) is 4.79 Å². The molecule has 0 rings (SSSR count). The molecule has 0 unspecified atom stereocenters. The van der Waals surface area contributed by atoms with E-state index in [0.29, 0.717) is 19.4 Å². The van der Waals surface area contributed by atoms with Gasteiger partial charge in [-0.05, 0) is 33.6 Å². The summed E-state index contributed by atoms with van der Waals surface area (Å²) in [6.07, 6.45) is 0.590. The number of carbonyl (C=O) groups excluding carboxylic acids is 1. The second kappa shape index (κ2) is 6.44. The Morgan fingerprint density at radius 3 is 2.24 bits per heavy atom. The Bertz CT molecular complexity index is 348. The van der Waals surface area contributed by atoms with E-state index in [1.54, 1.807) is 27.8 Å². The molecule has 5 nitrogen and oxygen atoms in total. The number of hydrogen-bond acceptors (Lipinski definition) is 4. The van der Waals surface area contributed by atoms with Crippen molar-refractivity contribution in [3.8, 4) is 0 Å². The quantitative estimate of drug-likeness (QED) is 0.574. The first kappa shape index (κ1) is 16.5. The predicted octanol–water partition coefficient (Wildman–Crippen LogP) is 2.20. The summed E-state index contributed by atoms with van der Waals surface area (Å²) < 4.78 is 26.5. The molecule has 0 aromatic carbocycles. The summed E-state index contributed by atoms with van der Waals surface area (Å²) in [6.45, 7) is 5.82. The zero-order valence-corrected chi connectivity index (χ0v) is 12.3. The summed E-state index contributed by atoms with van der Waals surface area (Å²) >= 11 is 0. The van der Waals surface area contributed by atoms with Gasteiger partial charge in [0, 0.05) is 24.3 Å². The lowest BCUT2D eigenvalue weighted by atomic mass is 10.2. The molecule has 102 valence electrons. The molecule has 17 heavy (non-hydrogen) atoms. The highest BCUT2D eigenvalue weighted by atomic mass is 35.7. The predicted molar refractivity (Wildman–Crippen MR) is 67.7 cm³/mol. The van der Waals surface area contributed by atoms with Crippen molar-refractivity contribution < 1.29 is 17.9 Å². The molecule has 0 saturated carbocycles. The number of unbranched alkanes of at least 4 members (excludes halogenated alkanes) is 1. The van der Waals surface area contributed by atoms with E-state index in [1.807, 2.05) is 0 Å². The van der Waals surface area contributed by atoms with Crippen LogP contribution in [0.1, 0.15) is 33.6 Å². The van der Waals surface area contributed by atoms with Crippen molar-refractivity contribution in [3.05, 3.63) is 0 Å². The molecule has 0 aromatic rings. The van der Waals surface area contributed by atoms with Crippen LogP contribution in [-0.2, 0) is 13.8 Å². The number of rotatable bonds is 5. The Morgan fingerprint density at radius 1 is 1.29 bits per heavy atom. The fraction of sp³-hybridized carbons (Fsp3) is 0.900. The van der Waals surface area contributed by atoms with E-state index in [9.17, 15) is 13.2 Å². The van der Waals surface area contributed by atoms with Gasteiger partial charge in [0.2, 0.25) is 9.05 Å². The molecule has 0 radical (unpaired) electrons. The van der Waals surface area contributed by atoms with Crippen molar-refractivity contribution in [1.29, 1.82) is 0 Å². The molecule has 0 saturated heterocycles. The Balaban J connectivity index is 3.87. The summed E-state index contributed by atoms with van der Waals surface area (Å²) in [5, 5.41) is 0. The maximum Gasteiger partial charge on any atom is 0.410 e. The molecule has 0 aliphatic carbocycles. The highest BCUT2D eigenvalue weighted by Gasteiger charge is 2.19. The van der Waals surface area contributed by atoms with Gasteiger partial charge < -0.3 is 9.64 Å². The topological polar surface area (TPSA) is 63.7 Å². The van der Waals surface area contributed by atoms with Crippen LogP contribution < -0.4 is 0 Å². The highest BCUT2D eigenvalue weighted by Crippen LogP contribution is 2.09. The van der Waals surface area contributed by atoms with Crippen LogP contribution in [-0.4, -0.2) is 44.4 Å². The van der Waals surface area contributed by atoms with Crippen molar-refractivity contribution in [1.82, 2.24) is 4.90 Å². The van der Waals surface area contributed by atoms with Crippen molar-refractivity contribution in [2.75, 3.05) is 19.3 Å². The zero-order valence-electron chi connectivity index (χ0n) is 10.7. The summed E-state index contributed by atoms with van der Waals surface area (Å²) in [5.41, 5.74) is -0.523. The molecule has 0 aliphatic rings. The van der Waals surface area contributed by atoms with Gasteiger partial charge in [0.1, 0.15) is 5.60 Å². The first-order chi connectivity index (χ1) is 7.51. The van der Waals surface area contributed by atoms with Crippen LogP contribution in [0.25, 0.3) is 0 Å². The second-order valence-corrected chi connectivity index (χ2v) is 7.75. The van der Waals surface area contributed by atoms with Crippen molar-refractivity contribution >= 4 is 25.8 Å². The molecule has 0 spiro atoms. The summed E-state index contributed by atoms with van der Waals surface area (Å²) in [6, 6.07) is 0. The van der Waals surface area contributed by atoms with Crippen LogP contribution in [0, 0.1) is 0 Å². The van der Waals surface area contributed by atoms with Gasteiger partial charge in [-0.3, -0.25) is 0 Å². The second-order valence-electron chi connectivity index (χ2n) is 4.85. The molecular formula is C10H20ClNO4S. The third-order valence-electron chi connectivity index (χ3n) is 1.84. The maximum atomic E-state index is 11.5. The molecular weight excluding hydrogens is 266 g/mol. The molecule has 0 aliphatic heterocycles.